The normalized spacial score (nSPS) is 10.5. The van der Waals surface area contributed by atoms with Gasteiger partial charge >= 0.3 is 0 Å². The molecule has 38 heavy (non-hydrogen) atoms. The zero-order valence-electron chi connectivity index (χ0n) is 20.3. The second-order valence-corrected chi connectivity index (χ2v) is 8.64. The number of carbonyl (C=O) groups is 2. The van der Waals surface area contributed by atoms with Gasteiger partial charge in [-0.15, -0.1) is 0 Å². The van der Waals surface area contributed by atoms with Crippen molar-refractivity contribution in [2.24, 2.45) is 0 Å². The summed E-state index contributed by atoms with van der Waals surface area (Å²) in [7, 11) is 0. The maximum absolute atomic E-state index is 13.3. The Bertz CT molecular complexity index is 1490. The standard InChI is InChI=1S/C32H24N2O4/c33-25-10-14-27(15-11-25)37-29-8-2-6-23(19-29)31(35)21-4-1-5-22(18-21)32(36)24-7-3-9-30(20-24)38-28-16-12-26(34)13-17-28/h1-20H,33-34H2. The van der Waals surface area contributed by atoms with Gasteiger partial charge in [-0.1, -0.05) is 42.5 Å². The number of hydrogen-bond donors (Lipinski definition) is 2. The molecule has 0 bridgehead atoms. The molecule has 0 saturated carbocycles. The summed E-state index contributed by atoms with van der Waals surface area (Å²) in [6.45, 7) is 0. The van der Waals surface area contributed by atoms with E-state index in [2.05, 4.69) is 0 Å². The number of benzene rings is 5. The average molecular weight is 501 g/mol. The molecule has 5 aromatic rings. The summed E-state index contributed by atoms with van der Waals surface area (Å²) in [5.74, 6) is 1.82. The van der Waals surface area contributed by atoms with E-state index in [4.69, 9.17) is 20.9 Å². The van der Waals surface area contributed by atoms with Crippen molar-refractivity contribution in [3.63, 3.8) is 0 Å². The van der Waals surface area contributed by atoms with Crippen LogP contribution < -0.4 is 20.9 Å². The molecule has 6 heteroatoms. The van der Waals surface area contributed by atoms with Gasteiger partial charge in [-0.2, -0.15) is 0 Å². The Labute approximate surface area is 220 Å². The highest BCUT2D eigenvalue weighted by Gasteiger charge is 2.15. The van der Waals surface area contributed by atoms with Gasteiger partial charge < -0.3 is 20.9 Å². The van der Waals surface area contributed by atoms with Gasteiger partial charge in [-0.25, -0.2) is 0 Å². The second kappa shape index (κ2) is 10.7. The van der Waals surface area contributed by atoms with E-state index < -0.39 is 0 Å². The molecule has 0 spiro atoms. The van der Waals surface area contributed by atoms with Crippen molar-refractivity contribution in [1.82, 2.24) is 0 Å². The molecule has 5 aromatic carbocycles. The molecular weight excluding hydrogens is 476 g/mol. The Morgan fingerprint density at radius 2 is 0.763 bits per heavy atom. The van der Waals surface area contributed by atoms with Gasteiger partial charge in [0.2, 0.25) is 0 Å². The molecule has 4 N–H and O–H groups in total. The molecule has 0 aromatic heterocycles. The molecule has 0 aliphatic rings. The SMILES string of the molecule is Nc1ccc(Oc2cccc(C(=O)c3cccc(C(=O)c4cccc(Oc5ccc(N)cc5)c4)c3)c2)cc1. The van der Waals surface area contributed by atoms with Crippen molar-refractivity contribution >= 4 is 22.9 Å². The zero-order valence-corrected chi connectivity index (χ0v) is 20.3. The average Bonchev–Trinajstić information content (AvgIpc) is 2.95. The number of ketones is 2. The lowest BCUT2D eigenvalue weighted by molar-refractivity contribution is 0.103. The Hall–Kier alpha value is -5.36. The van der Waals surface area contributed by atoms with Gasteiger partial charge in [-0.05, 0) is 78.9 Å². The number of carbonyl (C=O) groups excluding carboxylic acids is 2. The van der Waals surface area contributed by atoms with Crippen molar-refractivity contribution in [2.45, 2.75) is 0 Å². The summed E-state index contributed by atoms with van der Waals surface area (Å²) >= 11 is 0. The van der Waals surface area contributed by atoms with Crippen molar-refractivity contribution in [3.8, 4) is 23.0 Å². The Morgan fingerprint density at radius 1 is 0.421 bits per heavy atom. The minimum absolute atomic E-state index is 0.220. The van der Waals surface area contributed by atoms with E-state index in [1.54, 1.807) is 121 Å². The van der Waals surface area contributed by atoms with E-state index >= 15 is 0 Å². The summed E-state index contributed by atoms with van der Waals surface area (Å²) in [5.41, 5.74) is 14.4. The Balaban J connectivity index is 1.34. The predicted molar refractivity (Wildman–Crippen MR) is 148 cm³/mol. The van der Waals surface area contributed by atoms with Crippen LogP contribution in [0.5, 0.6) is 23.0 Å². The third-order valence-electron chi connectivity index (χ3n) is 5.81. The highest BCUT2D eigenvalue weighted by atomic mass is 16.5. The highest BCUT2D eigenvalue weighted by molar-refractivity contribution is 6.13. The van der Waals surface area contributed by atoms with Crippen LogP contribution in [-0.2, 0) is 0 Å². The summed E-state index contributed by atoms with van der Waals surface area (Å²) in [6, 6.07) is 34.5. The van der Waals surface area contributed by atoms with Crippen LogP contribution in [0.4, 0.5) is 11.4 Å². The zero-order chi connectivity index (χ0) is 26.5. The molecule has 0 heterocycles. The molecule has 0 aliphatic heterocycles. The van der Waals surface area contributed by atoms with E-state index in [1.165, 1.54) is 0 Å². The largest absolute Gasteiger partial charge is 0.457 e. The molecule has 186 valence electrons. The quantitative estimate of drug-likeness (QED) is 0.177. The summed E-state index contributed by atoms with van der Waals surface area (Å²) in [5, 5.41) is 0. The first-order valence-corrected chi connectivity index (χ1v) is 11.9. The number of ether oxygens (including phenoxy) is 2. The van der Waals surface area contributed by atoms with Gasteiger partial charge in [0.05, 0.1) is 0 Å². The van der Waals surface area contributed by atoms with E-state index in [1.807, 2.05) is 0 Å². The first-order valence-electron chi connectivity index (χ1n) is 11.9. The molecule has 0 amide bonds. The van der Waals surface area contributed by atoms with E-state index in [-0.39, 0.29) is 11.6 Å². The maximum atomic E-state index is 13.3. The van der Waals surface area contributed by atoms with Crippen LogP contribution in [0.15, 0.2) is 121 Å². The molecule has 0 fully saturated rings. The molecule has 6 nitrogen and oxygen atoms in total. The topological polar surface area (TPSA) is 105 Å². The lowest BCUT2D eigenvalue weighted by atomic mass is 9.97. The molecule has 0 saturated heterocycles. The number of nitrogen functional groups attached to an aromatic ring is 2. The smallest absolute Gasteiger partial charge is 0.193 e. The Morgan fingerprint density at radius 3 is 1.16 bits per heavy atom. The van der Waals surface area contributed by atoms with Crippen LogP contribution in [0.3, 0.4) is 0 Å². The highest BCUT2D eigenvalue weighted by Crippen LogP contribution is 2.26. The molecule has 0 radical (unpaired) electrons. The second-order valence-electron chi connectivity index (χ2n) is 8.64. The fourth-order valence-electron chi connectivity index (χ4n) is 3.88. The van der Waals surface area contributed by atoms with Gasteiger partial charge in [0, 0.05) is 33.6 Å². The van der Waals surface area contributed by atoms with Gasteiger partial charge in [0.1, 0.15) is 23.0 Å². The number of nitrogens with two attached hydrogens (primary N) is 2. The first kappa shape index (κ1) is 24.3. The third-order valence-corrected chi connectivity index (χ3v) is 5.81. The summed E-state index contributed by atoms with van der Waals surface area (Å²) < 4.78 is 11.7. The fraction of sp³-hybridized carbons (Fsp3) is 0. The van der Waals surface area contributed by atoms with Gasteiger partial charge in [0.25, 0.3) is 0 Å². The van der Waals surface area contributed by atoms with Crippen molar-refractivity contribution in [1.29, 1.82) is 0 Å². The predicted octanol–water partition coefficient (Wildman–Crippen LogP) is 6.90. The number of hydrogen-bond acceptors (Lipinski definition) is 6. The van der Waals surface area contributed by atoms with Gasteiger partial charge in [-0.3, -0.25) is 9.59 Å². The molecule has 0 unspecified atom stereocenters. The van der Waals surface area contributed by atoms with Crippen LogP contribution in [0.1, 0.15) is 31.8 Å². The molecule has 0 aliphatic carbocycles. The number of rotatable bonds is 8. The van der Waals surface area contributed by atoms with E-state index in [0.29, 0.717) is 56.6 Å². The minimum atomic E-state index is -0.220. The number of anilines is 2. The van der Waals surface area contributed by atoms with Crippen molar-refractivity contribution < 1.29 is 19.1 Å². The lowest BCUT2D eigenvalue weighted by Gasteiger charge is -2.09. The van der Waals surface area contributed by atoms with Crippen LogP contribution in [0, 0.1) is 0 Å². The molecule has 0 atom stereocenters. The van der Waals surface area contributed by atoms with Crippen molar-refractivity contribution in [3.05, 3.63) is 144 Å². The van der Waals surface area contributed by atoms with Crippen LogP contribution in [0.25, 0.3) is 0 Å². The summed E-state index contributed by atoms with van der Waals surface area (Å²) in [6.07, 6.45) is 0. The van der Waals surface area contributed by atoms with Crippen LogP contribution in [0.2, 0.25) is 0 Å². The Kier molecular flexibility index (Phi) is 6.87. The summed E-state index contributed by atoms with van der Waals surface area (Å²) in [4.78, 5) is 26.6. The monoisotopic (exact) mass is 500 g/mol. The van der Waals surface area contributed by atoms with E-state index in [9.17, 15) is 9.59 Å². The maximum Gasteiger partial charge on any atom is 0.193 e. The minimum Gasteiger partial charge on any atom is -0.457 e. The fourth-order valence-corrected chi connectivity index (χ4v) is 3.88. The van der Waals surface area contributed by atoms with Crippen molar-refractivity contribution in [2.75, 3.05) is 11.5 Å². The first-order chi connectivity index (χ1) is 18.4. The van der Waals surface area contributed by atoms with Crippen LogP contribution in [-0.4, -0.2) is 11.6 Å². The van der Waals surface area contributed by atoms with Crippen LogP contribution >= 0.6 is 0 Å². The third kappa shape index (κ3) is 5.71. The molecule has 5 rings (SSSR count). The lowest BCUT2D eigenvalue weighted by Crippen LogP contribution is -2.06. The van der Waals surface area contributed by atoms with E-state index in [0.717, 1.165) is 0 Å². The molecular formula is C32H24N2O4. The van der Waals surface area contributed by atoms with Gasteiger partial charge in [0.15, 0.2) is 11.6 Å².